The van der Waals surface area contributed by atoms with Crippen LogP contribution >= 0.6 is 11.6 Å². The van der Waals surface area contributed by atoms with Gasteiger partial charge in [0.15, 0.2) is 0 Å². The van der Waals surface area contributed by atoms with Crippen LogP contribution in [0.15, 0.2) is 36.4 Å². The summed E-state index contributed by atoms with van der Waals surface area (Å²) in [5.41, 5.74) is 2.71. The predicted molar refractivity (Wildman–Crippen MR) is 103 cm³/mol. The molecule has 1 nitrogen and oxygen atoms in total. The third kappa shape index (κ3) is 4.41. The van der Waals surface area contributed by atoms with E-state index in [1.54, 1.807) is 12.1 Å². The summed E-state index contributed by atoms with van der Waals surface area (Å²) in [5.74, 6) is 1.76. The average molecular weight is 360 g/mol. The molecule has 1 aliphatic rings. The highest BCUT2D eigenvalue weighted by molar-refractivity contribution is 6.29. The number of pyridine rings is 1. The molecule has 1 atom stereocenters. The molecule has 3 rings (SSSR count). The van der Waals surface area contributed by atoms with Crippen molar-refractivity contribution in [3.05, 3.63) is 53.1 Å². The molecule has 0 amide bonds. The van der Waals surface area contributed by atoms with Gasteiger partial charge in [0, 0.05) is 5.56 Å². The Kier molecular flexibility index (Phi) is 6.11. The van der Waals surface area contributed by atoms with E-state index in [0.717, 1.165) is 17.4 Å². The molecule has 3 heteroatoms. The van der Waals surface area contributed by atoms with Gasteiger partial charge in [0.1, 0.15) is 5.15 Å². The number of hydrogen-bond acceptors (Lipinski definition) is 1. The second kappa shape index (κ2) is 8.31. The first kappa shape index (κ1) is 18.4. The van der Waals surface area contributed by atoms with Crippen molar-refractivity contribution in [3.8, 4) is 11.1 Å². The first-order valence-corrected chi connectivity index (χ1v) is 9.88. The molecule has 1 fully saturated rings. The third-order valence-corrected chi connectivity index (χ3v) is 6.07. The smallest absolute Gasteiger partial charge is 0.207 e. The number of hydrogen-bond donors (Lipinski definition) is 0. The zero-order valence-corrected chi connectivity index (χ0v) is 15.9. The van der Waals surface area contributed by atoms with Crippen LogP contribution in [0.5, 0.6) is 0 Å². The van der Waals surface area contributed by atoms with Gasteiger partial charge >= 0.3 is 0 Å². The Balaban J connectivity index is 1.68. The number of halogens is 2. The van der Waals surface area contributed by atoms with Gasteiger partial charge in [0.2, 0.25) is 5.95 Å². The summed E-state index contributed by atoms with van der Waals surface area (Å²) in [6.07, 6.45) is 8.12. The maximum Gasteiger partial charge on any atom is 0.222 e. The Bertz CT molecular complexity index is 690. The van der Waals surface area contributed by atoms with Crippen LogP contribution < -0.4 is 0 Å². The van der Waals surface area contributed by atoms with Crippen LogP contribution in [0.4, 0.5) is 4.39 Å². The van der Waals surface area contributed by atoms with Crippen LogP contribution in [0, 0.1) is 17.8 Å². The van der Waals surface area contributed by atoms with Crippen molar-refractivity contribution < 1.29 is 4.39 Å². The average Bonchev–Trinajstić information content (AvgIpc) is 2.62. The molecule has 1 saturated carbocycles. The summed E-state index contributed by atoms with van der Waals surface area (Å²) in [4.78, 5) is 3.70. The zero-order valence-electron chi connectivity index (χ0n) is 15.1. The van der Waals surface area contributed by atoms with E-state index in [-0.39, 0.29) is 5.15 Å². The number of rotatable bonds is 5. The molecular formula is C22H27ClFN. The minimum Gasteiger partial charge on any atom is -0.207 e. The lowest BCUT2D eigenvalue weighted by Gasteiger charge is -2.32. The molecule has 0 saturated heterocycles. The monoisotopic (exact) mass is 359 g/mol. The van der Waals surface area contributed by atoms with Crippen molar-refractivity contribution in [1.82, 2.24) is 4.98 Å². The molecule has 1 aliphatic carbocycles. The lowest BCUT2D eigenvalue weighted by molar-refractivity contribution is 0.239. The fraction of sp³-hybridized carbons (Fsp3) is 0.500. The lowest BCUT2D eigenvalue weighted by atomic mass is 9.73. The molecular weight excluding hydrogens is 333 g/mol. The summed E-state index contributed by atoms with van der Waals surface area (Å²) >= 11 is 5.74. The van der Waals surface area contributed by atoms with Crippen molar-refractivity contribution in [1.29, 1.82) is 0 Å². The SMILES string of the molecule is CCCC1CCC(C(C)c2ccc(-c3ccc(Cl)nc3F)cc2)CC1. The van der Waals surface area contributed by atoms with Crippen LogP contribution in [0.25, 0.3) is 11.1 Å². The lowest BCUT2D eigenvalue weighted by Crippen LogP contribution is -2.19. The third-order valence-electron chi connectivity index (χ3n) is 5.86. The van der Waals surface area contributed by atoms with Gasteiger partial charge in [-0.25, -0.2) is 4.98 Å². The molecule has 1 aromatic heterocycles. The molecule has 134 valence electrons. The summed E-state index contributed by atoms with van der Waals surface area (Å²) < 4.78 is 14.0. The Morgan fingerprint density at radius 1 is 1.08 bits per heavy atom. The molecule has 1 unspecified atom stereocenters. The van der Waals surface area contributed by atoms with E-state index in [0.29, 0.717) is 11.5 Å². The van der Waals surface area contributed by atoms with Gasteiger partial charge in [0.25, 0.3) is 0 Å². The van der Waals surface area contributed by atoms with Gasteiger partial charge in [-0.3, -0.25) is 0 Å². The number of nitrogens with zero attached hydrogens (tertiary/aromatic N) is 1. The zero-order chi connectivity index (χ0) is 17.8. The molecule has 1 aromatic carbocycles. The van der Waals surface area contributed by atoms with E-state index >= 15 is 0 Å². The van der Waals surface area contributed by atoms with Crippen LogP contribution in [-0.4, -0.2) is 4.98 Å². The molecule has 0 aliphatic heterocycles. The van der Waals surface area contributed by atoms with E-state index in [9.17, 15) is 4.39 Å². The van der Waals surface area contributed by atoms with E-state index in [2.05, 4.69) is 31.0 Å². The van der Waals surface area contributed by atoms with Gasteiger partial charge in [-0.1, -0.05) is 75.4 Å². The van der Waals surface area contributed by atoms with Gasteiger partial charge in [-0.15, -0.1) is 0 Å². The highest BCUT2D eigenvalue weighted by Crippen LogP contribution is 2.39. The van der Waals surface area contributed by atoms with Crippen molar-refractivity contribution in [3.63, 3.8) is 0 Å². The predicted octanol–water partition coefficient (Wildman–Crippen LogP) is 7.25. The highest BCUT2D eigenvalue weighted by Gasteiger charge is 2.25. The Morgan fingerprint density at radius 3 is 2.36 bits per heavy atom. The second-order valence-electron chi connectivity index (χ2n) is 7.45. The Hall–Kier alpha value is -1.41. The maximum atomic E-state index is 14.0. The Morgan fingerprint density at radius 2 is 1.76 bits per heavy atom. The standard InChI is InChI=1S/C22H27ClFN/c1-3-4-16-5-7-17(8-6-16)15(2)18-9-11-19(12-10-18)20-13-14-21(23)25-22(20)24/h9-17H,3-8H2,1-2H3. The maximum absolute atomic E-state index is 14.0. The van der Waals surface area contributed by atoms with Crippen LogP contribution in [0.3, 0.4) is 0 Å². The van der Waals surface area contributed by atoms with Gasteiger partial charge < -0.3 is 0 Å². The van der Waals surface area contributed by atoms with Gasteiger partial charge in [0.05, 0.1) is 0 Å². The van der Waals surface area contributed by atoms with E-state index in [4.69, 9.17) is 11.6 Å². The Labute approximate surface area is 155 Å². The highest BCUT2D eigenvalue weighted by atomic mass is 35.5. The van der Waals surface area contributed by atoms with E-state index in [1.165, 1.54) is 44.1 Å². The summed E-state index contributed by atoms with van der Waals surface area (Å²) in [6, 6.07) is 11.6. The fourth-order valence-corrected chi connectivity index (χ4v) is 4.39. The first-order chi connectivity index (χ1) is 12.1. The number of benzene rings is 1. The van der Waals surface area contributed by atoms with Crippen LogP contribution in [0.1, 0.15) is 63.9 Å². The fourth-order valence-electron chi connectivity index (χ4n) is 4.25. The van der Waals surface area contributed by atoms with Crippen LogP contribution in [-0.2, 0) is 0 Å². The van der Waals surface area contributed by atoms with Crippen LogP contribution in [0.2, 0.25) is 5.15 Å². The van der Waals surface area contributed by atoms with Crippen molar-refractivity contribution >= 4 is 11.6 Å². The molecule has 2 aromatic rings. The summed E-state index contributed by atoms with van der Waals surface area (Å²) in [5, 5.41) is 0.185. The molecule has 25 heavy (non-hydrogen) atoms. The van der Waals surface area contributed by atoms with Crippen molar-refractivity contribution in [2.45, 2.75) is 58.3 Å². The molecule has 0 N–H and O–H groups in total. The normalized spacial score (nSPS) is 21.9. The topological polar surface area (TPSA) is 12.9 Å². The molecule has 0 bridgehead atoms. The van der Waals surface area contributed by atoms with E-state index < -0.39 is 5.95 Å². The minimum atomic E-state index is -0.512. The molecule has 0 radical (unpaired) electrons. The first-order valence-electron chi connectivity index (χ1n) is 9.50. The van der Waals surface area contributed by atoms with Gasteiger partial charge in [-0.2, -0.15) is 4.39 Å². The molecule has 0 spiro atoms. The molecule has 1 heterocycles. The quantitative estimate of drug-likeness (QED) is 0.512. The van der Waals surface area contributed by atoms with Crippen molar-refractivity contribution in [2.75, 3.05) is 0 Å². The summed E-state index contributed by atoms with van der Waals surface area (Å²) in [7, 11) is 0. The largest absolute Gasteiger partial charge is 0.222 e. The van der Waals surface area contributed by atoms with Gasteiger partial charge in [-0.05, 0) is 53.9 Å². The van der Waals surface area contributed by atoms with Crippen molar-refractivity contribution in [2.24, 2.45) is 11.8 Å². The van der Waals surface area contributed by atoms with E-state index in [1.807, 2.05) is 12.1 Å². The minimum absolute atomic E-state index is 0.185. The summed E-state index contributed by atoms with van der Waals surface area (Å²) in [6.45, 7) is 4.62. The number of aromatic nitrogens is 1. The second-order valence-corrected chi connectivity index (χ2v) is 7.84.